The van der Waals surface area contributed by atoms with Crippen LogP contribution in [-0.2, 0) is 64.8 Å². The van der Waals surface area contributed by atoms with E-state index in [0.29, 0.717) is 40.8 Å². The largest absolute Gasteiger partial charge is 0.630 e. The van der Waals surface area contributed by atoms with Crippen LogP contribution < -0.4 is 0 Å². The number of furan rings is 1. The van der Waals surface area contributed by atoms with Gasteiger partial charge in [-0.1, -0.05) is 201 Å². The maximum Gasteiger partial charge on any atom is 0.216 e. The Labute approximate surface area is 522 Å². The molecular weight excluding hydrogens is 1260 g/mol. The van der Waals surface area contributed by atoms with E-state index in [2.05, 4.69) is 205 Å². The van der Waals surface area contributed by atoms with Crippen molar-refractivity contribution >= 4 is 11.9 Å². The van der Waals surface area contributed by atoms with Crippen LogP contribution in [0.25, 0.3) is 0 Å². The van der Waals surface area contributed by atoms with Crippen LogP contribution in [0.5, 0.6) is 0 Å². The first-order chi connectivity index (χ1) is 32.9. The number of aromatic nitrogens is 5. The predicted octanol–water partition coefficient (Wildman–Crippen LogP) is 18.6. The van der Waals surface area contributed by atoms with Crippen molar-refractivity contribution in [3.63, 3.8) is 0 Å². The molecule has 5 aromatic heterocycles. The smallest absolute Gasteiger partial charge is 0.216 e. The van der Waals surface area contributed by atoms with Gasteiger partial charge in [-0.3, -0.25) is 4.99 Å². The molecular formula is C63H111N7O5UY-2. The minimum absolute atomic E-state index is 0. The molecule has 0 saturated heterocycles. The van der Waals surface area contributed by atoms with Crippen molar-refractivity contribution in [2.45, 2.75) is 227 Å². The molecule has 437 valence electrons. The van der Waals surface area contributed by atoms with E-state index in [1.165, 1.54) is 18.5 Å². The SMILES string of the molecule is C.C.C.C.CC(C)(C)CC1=NCC=C1.CC(C)(C)Cc1ccco1.CC(C)(C)Cc1cnco1.CC(C)(C)Cc1ncco1.CC(C)(C)Cc1nnco1.Cc1nc(CC(C)(C)C)[c-]o1.[3H]C1=NC[C-]=C1CC(C)(C)C.[U].[Y]. The Balaban J connectivity index is -0.000000191. The van der Waals surface area contributed by atoms with Gasteiger partial charge in [0.2, 0.25) is 12.3 Å². The molecule has 2 aliphatic heterocycles. The maximum atomic E-state index is 7.42. The third kappa shape index (κ3) is 53.4. The van der Waals surface area contributed by atoms with Gasteiger partial charge < -0.3 is 32.1 Å². The summed E-state index contributed by atoms with van der Waals surface area (Å²) in [5.74, 6) is 4.28. The van der Waals surface area contributed by atoms with E-state index < -0.39 is 0 Å². The van der Waals surface area contributed by atoms with E-state index in [4.69, 9.17) is 23.5 Å². The fourth-order valence-electron chi connectivity index (χ4n) is 6.27. The first-order valence-electron chi connectivity index (χ1n) is 25.5. The van der Waals surface area contributed by atoms with Gasteiger partial charge in [-0.2, -0.15) is 0 Å². The molecule has 0 atom stereocenters. The van der Waals surface area contributed by atoms with Crippen LogP contribution in [0.1, 0.15) is 224 Å². The zero-order valence-electron chi connectivity index (χ0n) is 50.4. The summed E-state index contributed by atoms with van der Waals surface area (Å²) in [7, 11) is 0. The summed E-state index contributed by atoms with van der Waals surface area (Å²) >= 11 is 0. The van der Waals surface area contributed by atoms with Crippen LogP contribution in [0.15, 0.2) is 99.6 Å². The summed E-state index contributed by atoms with van der Waals surface area (Å²) < 4.78 is 32.8. The molecule has 0 amide bonds. The number of rotatable bonds is 7. The Kier molecular flexibility index (Phi) is 43.3. The molecule has 2 aliphatic rings. The zero-order chi connectivity index (χ0) is 55.0. The molecule has 0 fully saturated rings. The van der Waals surface area contributed by atoms with E-state index >= 15 is 0 Å². The Morgan fingerprint density at radius 2 is 1.13 bits per heavy atom. The number of hydrogen-bond donors (Lipinski definition) is 0. The molecule has 7 heterocycles. The fourth-order valence-corrected chi connectivity index (χ4v) is 6.27. The summed E-state index contributed by atoms with van der Waals surface area (Å²) in [6.45, 7) is 49.1. The van der Waals surface area contributed by atoms with Gasteiger partial charge in [0.15, 0.2) is 12.3 Å². The average Bonchev–Trinajstić information content (AvgIpc) is 4.03. The van der Waals surface area contributed by atoms with Crippen molar-refractivity contribution in [1.29, 1.82) is 0 Å². The van der Waals surface area contributed by atoms with Crippen molar-refractivity contribution in [1.82, 2.24) is 25.1 Å². The van der Waals surface area contributed by atoms with Crippen LogP contribution in [-0.4, -0.2) is 50.1 Å². The summed E-state index contributed by atoms with van der Waals surface area (Å²) in [4.78, 5) is 20.3. The van der Waals surface area contributed by atoms with Crippen LogP contribution in [0, 0.1) is 88.3 Å². The van der Waals surface area contributed by atoms with Crippen LogP contribution in [0.2, 0.25) is 0 Å². The van der Waals surface area contributed by atoms with E-state index in [9.17, 15) is 0 Å². The van der Waals surface area contributed by atoms with Gasteiger partial charge in [-0.15, -0.1) is 16.4 Å². The second kappa shape index (κ2) is 40.2. The second-order valence-corrected chi connectivity index (χ2v) is 26.6. The normalized spacial score (nSPS) is 12.8. The van der Waals surface area contributed by atoms with Crippen LogP contribution in [0.3, 0.4) is 0 Å². The molecule has 77 heavy (non-hydrogen) atoms. The third-order valence-corrected chi connectivity index (χ3v) is 8.75. The number of hydrogen-bond acceptors (Lipinski definition) is 12. The number of aryl methyl sites for hydroxylation is 1. The summed E-state index contributed by atoms with van der Waals surface area (Å²) in [6, 6.07) is 3.95. The Bertz CT molecular complexity index is 2100. The molecule has 14 heteroatoms. The minimum Gasteiger partial charge on any atom is -0.630 e. The van der Waals surface area contributed by atoms with E-state index in [1.807, 2.05) is 19.1 Å². The summed E-state index contributed by atoms with van der Waals surface area (Å²) in [5, 5.41) is 7.37. The number of oxazole rings is 3. The van der Waals surface area contributed by atoms with Gasteiger partial charge in [0.1, 0.15) is 17.8 Å². The molecule has 0 spiro atoms. The van der Waals surface area contributed by atoms with Gasteiger partial charge in [-0.05, 0) is 82.6 Å². The predicted molar refractivity (Wildman–Crippen MR) is 319 cm³/mol. The van der Waals surface area contributed by atoms with Gasteiger partial charge in [0, 0.05) is 101 Å². The first kappa shape index (κ1) is 82.9. The van der Waals surface area contributed by atoms with Gasteiger partial charge in [-0.25, -0.2) is 21.6 Å². The molecule has 0 unspecified atom stereocenters. The monoisotopic (exact) mass is 1370 g/mol. The molecule has 0 saturated carbocycles. The van der Waals surface area contributed by atoms with Gasteiger partial charge in [0.25, 0.3) is 0 Å². The molecule has 7 rings (SSSR count). The summed E-state index contributed by atoms with van der Waals surface area (Å²) in [5.41, 5.74) is 5.18. The van der Waals surface area contributed by atoms with Crippen molar-refractivity contribution in [2.24, 2.45) is 47.9 Å². The Hall–Kier alpha value is -2.97. The minimum atomic E-state index is 0. The van der Waals surface area contributed by atoms with Crippen molar-refractivity contribution in [3.05, 3.63) is 115 Å². The van der Waals surface area contributed by atoms with E-state index in [0.717, 1.165) is 80.2 Å². The second-order valence-electron chi connectivity index (χ2n) is 26.6. The van der Waals surface area contributed by atoms with Crippen molar-refractivity contribution in [2.75, 3.05) is 13.1 Å². The Morgan fingerprint density at radius 1 is 0.597 bits per heavy atom. The number of allylic oxidation sites excluding steroid dienone is 2. The van der Waals surface area contributed by atoms with Gasteiger partial charge >= 0.3 is 0 Å². The molecule has 0 N–H and O–H groups in total. The van der Waals surface area contributed by atoms with Crippen LogP contribution >= 0.6 is 0 Å². The number of aliphatic imine (C=N–C) groups is 2. The molecule has 5 aromatic rings. The molecule has 0 aromatic carbocycles. The molecule has 12 nitrogen and oxygen atoms in total. The average molecular weight is 1380 g/mol. The molecule has 0 bridgehead atoms. The van der Waals surface area contributed by atoms with Crippen molar-refractivity contribution in [3.8, 4) is 0 Å². The number of nitrogens with zero attached hydrogens (tertiary/aromatic N) is 7. The van der Waals surface area contributed by atoms with E-state index in [1.54, 1.807) is 24.9 Å². The molecule has 0 aliphatic carbocycles. The Morgan fingerprint density at radius 3 is 1.49 bits per heavy atom. The van der Waals surface area contributed by atoms with Crippen molar-refractivity contribution < 1.29 is 87.3 Å². The topological polar surface area (TPSA) is 155 Å². The maximum absolute atomic E-state index is 7.42. The quantitative estimate of drug-likeness (QED) is 0.144. The summed E-state index contributed by atoms with van der Waals surface area (Å²) in [6.07, 6.45) is 26.8. The fraction of sp³-hybridized carbons (Fsp3) is 0.667. The standard InChI is InChI=1S/C9H14NO.C9H14N.C9H15N.C9H14O.2C8H13NO.C7H12N2O.4CH4.U.Y/c1-7-10-8(6-11-7)5-9(2,3)4;1-9(2,3)6-8-4-5-10-7-8;2*1-9(2,3)7-8-5-4-6-10-8;1-8(2,3)4-7-5-9-6-10-7;1-8(2,3)6-7-9-4-5-10-7;1-7(2,3)4-6-9-8-5-10-6;;;;;;/h5H2,1-4H3;7H,5-6H2,1-3H3;4-5H,6-7H2,1-3H3;4-6H,7H2,1-3H3;5-6H,4H2,1-3H3;4-5H,6H2,1-3H3;5H,4H2,1-3H3;4*1H4;;/q2*-1;;;;;;;;;;;/i;7T;;;;;;;;;;;. The molecule has 1 radical (unpaired) electrons. The third-order valence-electron chi connectivity index (χ3n) is 8.75. The zero-order valence-corrected chi connectivity index (χ0v) is 56.4. The van der Waals surface area contributed by atoms with E-state index in [-0.39, 0.29) is 115 Å². The van der Waals surface area contributed by atoms with Crippen LogP contribution in [0.4, 0.5) is 0 Å². The first-order valence-corrected chi connectivity index (χ1v) is 25.0. The van der Waals surface area contributed by atoms with Gasteiger partial charge in [0.05, 0.1) is 25.2 Å².